The van der Waals surface area contributed by atoms with Crippen LogP contribution in [0, 0.1) is 5.92 Å². The Bertz CT molecular complexity index is 874. The molecule has 0 bridgehead atoms. The maximum atomic E-state index is 11.3. The highest BCUT2D eigenvalue weighted by Gasteiger charge is 2.13. The first-order valence-corrected chi connectivity index (χ1v) is 8.37. The number of amides is 1. The third-order valence-electron chi connectivity index (χ3n) is 4.06. The van der Waals surface area contributed by atoms with Crippen LogP contribution in [-0.2, 0) is 6.54 Å². The number of hydrogen-bond acceptors (Lipinski definition) is 4. The van der Waals surface area contributed by atoms with E-state index in [0.717, 1.165) is 47.4 Å². The van der Waals surface area contributed by atoms with Crippen molar-refractivity contribution in [1.29, 1.82) is 0 Å². The van der Waals surface area contributed by atoms with Gasteiger partial charge in [0.25, 0.3) is 0 Å². The zero-order chi connectivity index (χ0) is 17.8. The number of aryl methyl sites for hydroxylation is 1. The molecule has 0 unspecified atom stereocenters. The molecule has 0 aliphatic rings. The van der Waals surface area contributed by atoms with Gasteiger partial charge in [-0.05, 0) is 30.9 Å². The summed E-state index contributed by atoms with van der Waals surface area (Å²) in [5.41, 5.74) is 3.51. The van der Waals surface area contributed by atoms with Crippen molar-refractivity contribution in [3.05, 3.63) is 36.8 Å². The van der Waals surface area contributed by atoms with Crippen molar-refractivity contribution < 1.29 is 9.90 Å². The number of unbranched alkanes of at least 4 members (excludes halogenated alkanes) is 1. The van der Waals surface area contributed by atoms with E-state index in [-0.39, 0.29) is 0 Å². The summed E-state index contributed by atoms with van der Waals surface area (Å²) < 4.78 is 2.08. The highest BCUT2D eigenvalue weighted by Crippen LogP contribution is 2.21. The molecule has 0 aromatic carbocycles. The second-order valence-electron chi connectivity index (χ2n) is 6.42. The van der Waals surface area contributed by atoms with E-state index >= 15 is 0 Å². The van der Waals surface area contributed by atoms with Gasteiger partial charge in [0, 0.05) is 25.8 Å². The summed E-state index contributed by atoms with van der Waals surface area (Å²) >= 11 is 0. The van der Waals surface area contributed by atoms with Gasteiger partial charge in [-0.1, -0.05) is 13.8 Å². The molecule has 0 saturated carbocycles. The molecular weight excluding hydrogens is 318 g/mol. The Morgan fingerprint density at radius 2 is 2.04 bits per heavy atom. The molecule has 3 rings (SSSR count). The molecule has 0 saturated heterocycles. The number of fused-ring (bicyclic) bond motifs is 3. The largest absolute Gasteiger partial charge is 0.465 e. The molecule has 0 fully saturated rings. The number of hydrogen-bond donors (Lipinski definition) is 1. The molecule has 1 amide bonds. The van der Waals surface area contributed by atoms with Gasteiger partial charge in [0.2, 0.25) is 0 Å². The van der Waals surface area contributed by atoms with Crippen LogP contribution in [0.4, 0.5) is 4.79 Å². The molecule has 7 heteroatoms. The Balaban J connectivity index is 1.68. The number of nitrogens with zero attached hydrogens (tertiary/aromatic N) is 5. The normalized spacial score (nSPS) is 11.5. The Morgan fingerprint density at radius 1 is 1.20 bits per heavy atom. The van der Waals surface area contributed by atoms with Crippen LogP contribution in [0.1, 0.15) is 26.7 Å². The van der Waals surface area contributed by atoms with Crippen LogP contribution < -0.4 is 0 Å². The maximum Gasteiger partial charge on any atom is 0.407 e. The summed E-state index contributed by atoms with van der Waals surface area (Å²) in [5.74, 6) is 1.09. The van der Waals surface area contributed by atoms with Gasteiger partial charge in [0.05, 0.1) is 23.6 Å². The number of pyridine rings is 2. The van der Waals surface area contributed by atoms with Crippen molar-refractivity contribution in [1.82, 2.24) is 24.4 Å². The smallest absolute Gasteiger partial charge is 0.407 e. The zero-order valence-electron chi connectivity index (χ0n) is 14.5. The average Bonchev–Trinajstić information content (AvgIpc) is 3.00. The monoisotopic (exact) mass is 340 g/mol. The summed E-state index contributed by atoms with van der Waals surface area (Å²) in [4.78, 5) is 25.9. The third-order valence-corrected chi connectivity index (χ3v) is 4.06. The van der Waals surface area contributed by atoms with Crippen molar-refractivity contribution in [2.75, 3.05) is 13.1 Å². The number of rotatable bonds is 7. The topological polar surface area (TPSA) is 84.1 Å². The van der Waals surface area contributed by atoms with E-state index in [1.165, 1.54) is 4.90 Å². The highest BCUT2D eigenvalue weighted by molar-refractivity contribution is 5.99. The number of aromatic nitrogens is 4. The number of imidazole rings is 1. The van der Waals surface area contributed by atoms with Crippen LogP contribution in [0.2, 0.25) is 0 Å². The fraction of sp³-hybridized carbons (Fsp3) is 0.389. The SMILES string of the molecule is C[C](C)CN(CCCCn1cnc2cnc3cccnc3c21)C(=O)O. The first-order chi connectivity index (χ1) is 12.1. The van der Waals surface area contributed by atoms with Crippen molar-refractivity contribution in [2.24, 2.45) is 0 Å². The van der Waals surface area contributed by atoms with Gasteiger partial charge < -0.3 is 14.6 Å². The molecule has 3 heterocycles. The first-order valence-electron chi connectivity index (χ1n) is 8.37. The zero-order valence-corrected chi connectivity index (χ0v) is 14.5. The Kier molecular flexibility index (Phi) is 5.11. The van der Waals surface area contributed by atoms with Crippen LogP contribution in [0.25, 0.3) is 22.1 Å². The molecule has 3 aromatic rings. The van der Waals surface area contributed by atoms with E-state index in [1.54, 1.807) is 18.7 Å². The van der Waals surface area contributed by atoms with Crippen LogP contribution >= 0.6 is 0 Å². The standard InChI is InChI=1S/C18H22N5O2/c1-13(2)11-22(18(24)25)8-3-4-9-23-12-21-15-10-20-14-6-5-7-19-16(14)17(15)23/h5-7,10,12H,3-4,8-9,11H2,1-2H3,(H,24,25). The molecule has 25 heavy (non-hydrogen) atoms. The van der Waals surface area contributed by atoms with Crippen LogP contribution in [-0.4, -0.2) is 48.7 Å². The van der Waals surface area contributed by atoms with Gasteiger partial charge in [-0.25, -0.2) is 9.78 Å². The van der Waals surface area contributed by atoms with E-state index in [0.29, 0.717) is 13.1 Å². The second kappa shape index (κ2) is 7.46. The van der Waals surface area contributed by atoms with Crippen molar-refractivity contribution in [3.8, 4) is 0 Å². The minimum absolute atomic E-state index is 0.490. The van der Waals surface area contributed by atoms with Gasteiger partial charge >= 0.3 is 6.09 Å². The summed E-state index contributed by atoms with van der Waals surface area (Å²) in [5, 5.41) is 9.25. The van der Waals surface area contributed by atoms with Crippen LogP contribution in [0.5, 0.6) is 0 Å². The molecule has 131 valence electrons. The number of carbonyl (C=O) groups is 1. The molecular formula is C18H22N5O2. The van der Waals surface area contributed by atoms with E-state index in [2.05, 4.69) is 19.5 Å². The second-order valence-corrected chi connectivity index (χ2v) is 6.42. The molecule has 1 radical (unpaired) electrons. The lowest BCUT2D eigenvalue weighted by Gasteiger charge is -2.20. The predicted molar refractivity (Wildman–Crippen MR) is 96.3 cm³/mol. The van der Waals surface area contributed by atoms with Gasteiger partial charge in [-0.15, -0.1) is 0 Å². The van der Waals surface area contributed by atoms with E-state index in [1.807, 2.05) is 26.0 Å². The minimum atomic E-state index is -0.865. The Morgan fingerprint density at radius 3 is 2.80 bits per heavy atom. The van der Waals surface area contributed by atoms with E-state index in [9.17, 15) is 9.90 Å². The summed E-state index contributed by atoms with van der Waals surface area (Å²) in [7, 11) is 0. The van der Waals surface area contributed by atoms with Crippen molar-refractivity contribution in [3.63, 3.8) is 0 Å². The average molecular weight is 340 g/mol. The van der Waals surface area contributed by atoms with Crippen LogP contribution in [0.15, 0.2) is 30.9 Å². The molecule has 0 aliphatic carbocycles. The van der Waals surface area contributed by atoms with Gasteiger partial charge in [0.1, 0.15) is 11.0 Å². The van der Waals surface area contributed by atoms with Gasteiger partial charge in [-0.3, -0.25) is 9.97 Å². The Labute approximate surface area is 146 Å². The van der Waals surface area contributed by atoms with E-state index < -0.39 is 6.09 Å². The lowest BCUT2D eigenvalue weighted by molar-refractivity contribution is 0.146. The predicted octanol–water partition coefficient (Wildman–Crippen LogP) is 3.35. The highest BCUT2D eigenvalue weighted by atomic mass is 16.4. The summed E-state index contributed by atoms with van der Waals surface area (Å²) in [6.07, 6.45) is 6.14. The third kappa shape index (κ3) is 3.87. The summed E-state index contributed by atoms with van der Waals surface area (Å²) in [6.45, 7) is 5.69. The van der Waals surface area contributed by atoms with Crippen molar-refractivity contribution in [2.45, 2.75) is 33.2 Å². The van der Waals surface area contributed by atoms with Gasteiger partial charge in [0.15, 0.2) is 0 Å². The molecule has 0 aliphatic heterocycles. The number of carboxylic acid groups (broad SMARTS) is 1. The van der Waals surface area contributed by atoms with E-state index in [4.69, 9.17) is 0 Å². The van der Waals surface area contributed by atoms with Crippen molar-refractivity contribution >= 4 is 28.2 Å². The maximum absolute atomic E-state index is 11.3. The Hall–Kier alpha value is -2.70. The quantitative estimate of drug-likeness (QED) is 0.667. The molecule has 7 nitrogen and oxygen atoms in total. The summed E-state index contributed by atoms with van der Waals surface area (Å²) in [6, 6.07) is 3.81. The van der Waals surface area contributed by atoms with Crippen LogP contribution in [0.3, 0.4) is 0 Å². The first kappa shape index (κ1) is 17.1. The minimum Gasteiger partial charge on any atom is -0.465 e. The molecule has 1 N–H and O–H groups in total. The van der Waals surface area contributed by atoms with Gasteiger partial charge in [-0.2, -0.15) is 0 Å². The molecule has 0 spiro atoms. The molecule has 0 atom stereocenters. The fourth-order valence-corrected chi connectivity index (χ4v) is 2.94. The molecule has 3 aromatic heterocycles. The lowest BCUT2D eigenvalue weighted by atomic mass is 10.2. The fourth-order valence-electron chi connectivity index (χ4n) is 2.94. The lowest BCUT2D eigenvalue weighted by Crippen LogP contribution is -2.33.